The van der Waals surface area contributed by atoms with Crippen molar-refractivity contribution >= 4 is 23.9 Å². The van der Waals surface area contributed by atoms with Crippen molar-refractivity contribution in [2.75, 3.05) is 0 Å². The largest absolute Gasteiger partial charge is 0.454 e. The average molecular weight is 1370 g/mol. The number of rotatable bonds is 17. The van der Waals surface area contributed by atoms with Crippen LogP contribution < -0.4 is 0 Å². The first kappa shape index (κ1) is 74.8. The molecule has 8 aromatic rings. The van der Waals surface area contributed by atoms with Gasteiger partial charge in [-0.3, -0.25) is 19.2 Å². The Morgan fingerprint density at radius 1 is 0.304 bits per heavy atom. The van der Waals surface area contributed by atoms with Gasteiger partial charge in [-0.05, 0) is 297 Å². The molecule has 6 aliphatic rings. The third-order valence-electron chi connectivity index (χ3n) is 24.3. The summed E-state index contributed by atoms with van der Waals surface area (Å²) in [5.41, 5.74) is 22.1. The summed E-state index contributed by atoms with van der Waals surface area (Å²) in [5, 5.41) is 0. The fraction of sp³-hybridized carbons (Fsp3) is 0.447. The van der Waals surface area contributed by atoms with Crippen molar-refractivity contribution < 1.29 is 38.1 Å². The van der Waals surface area contributed by atoms with Gasteiger partial charge in [-0.25, -0.2) is 0 Å². The maximum atomic E-state index is 12.9. The first-order valence-electron chi connectivity index (χ1n) is 38.3. The van der Waals surface area contributed by atoms with Gasteiger partial charge in [0.2, 0.25) is 0 Å². The zero-order valence-corrected chi connectivity index (χ0v) is 64.2. The molecule has 1 unspecified atom stereocenters. The number of ether oxygens (including phenoxy) is 4. The molecule has 536 valence electrons. The number of carbonyl (C=O) groups is 4. The molecule has 0 spiro atoms. The fourth-order valence-corrected chi connectivity index (χ4v) is 15.1. The Balaban J connectivity index is 0.000000137. The van der Waals surface area contributed by atoms with Gasteiger partial charge in [0.05, 0.1) is 21.7 Å². The van der Waals surface area contributed by atoms with Crippen LogP contribution >= 0.6 is 0 Å². The normalized spacial score (nSPS) is 16.1. The van der Waals surface area contributed by atoms with Gasteiger partial charge in [0.25, 0.3) is 0 Å². The number of hydrogen-bond donors (Lipinski definition) is 0. The predicted molar refractivity (Wildman–Crippen MR) is 415 cm³/mol. The molecule has 102 heavy (non-hydrogen) atoms. The second-order valence-electron chi connectivity index (χ2n) is 33.2. The molecule has 2 fully saturated rings. The molecule has 0 radical (unpaired) electrons. The summed E-state index contributed by atoms with van der Waals surface area (Å²) < 4.78 is 24.5. The Morgan fingerprint density at radius 2 is 0.588 bits per heavy atom. The second-order valence-corrected chi connectivity index (χ2v) is 33.2. The van der Waals surface area contributed by atoms with Crippen molar-refractivity contribution in [3.8, 4) is 44.5 Å². The molecule has 0 amide bonds. The number of esters is 4. The number of fused-ring (bicyclic) bond motifs is 12. The van der Waals surface area contributed by atoms with E-state index in [1.807, 2.05) is 90.0 Å². The average Bonchev–Trinajstić information content (AvgIpc) is 1.56. The fourth-order valence-electron chi connectivity index (χ4n) is 15.1. The Bertz CT molecular complexity index is 4400. The van der Waals surface area contributed by atoms with Gasteiger partial charge in [-0.1, -0.05) is 211 Å². The van der Waals surface area contributed by atoms with Crippen LogP contribution in [0.15, 0.2) is 170 Å². The van der Waals surface area contributed by atoms with E-state index in [1.165, 1.54) is 107 Å². The van der Waals surface area contributed by atoms with E-state index in [1.54, 1.807) is 0 Å². The summed E-state index contributed by atoms with van der Waals surface area (Å²) in [4.78, 5) is 50.9. The van der Waals surface area contributed by atoms with E-state index < -0.39 is 44.1 Å². The summed E-state index contributed by atoms with van der Waals surface area (Å²) in [6.45, 7) is 31.9. The SMILES string of the molecule is CCC(C)(C)C(=O)OC(C)(C)c1ccc2c(c1)Cc1ccccc1-2.CCC(C)(C)C(=O)OC(C)(CC)c1ccc2c(c1)Cc1ccccc1-2.CCC(C)(C)C(=O)OC1(c2ccc3c(c2)Cc2ccccc2-3)CCCC1.CCC(C)(C)C(=O)OC1(c2ccc3c(c2)Cc2ccccc2-3)CCCCC1. The van der Waals surface area contributed by atoms with Crippen LogP contribution in [0.25, 0.3) is 44.5 Å². The molecule has 8 nitrogen and oxygen atoms in total. The summed E-state index contributed by atoms with van der Waals surface area (Å²) in [5.74, 6) is -0.386. The van der Waals surface area contributed by atoms with Gasteiger partial charge in [-0.15, -0.1) is 0 Å². The van der Waals surface area contributed by atoms with E-state index >= 15 is 0 Å². The van der Waals surface area contributed by atoms with Gasteiger partial charge in [-0.2, -0.15) is 0 Å². The van der Waals surface area contributed by atoms with Crippen LogP contribution in [0.2, 0.25) is 0 Å². The van der Waals surface area contributed by atoms with Gasteiger partial charge in [0.1, 0.15) is 22.4 Å². The Kier molecular flexibility index (Phi) is 21.8. The summed E-state index contributed by atoms with van der Waals surface area (Å²) >= 11 is 0. The number of carbonyl (C=O) groups excluding carboxylic acids is 4. The Labute approximate surface area is 610 Å². The van der Waals surface area contributed by atoms with E-state index in [9.17, 15) is 19.2 Å². The van der Waals surface area contributed by atoms with E-state index in [-0.39, 0.29) is 23.9 Å². The molecule has 8 heteroatoms. The molecular formula is C94H112O8. The highest BCUT2D eigenvalue weighted by atomic mass is 16.6. The van der Waals surface area contributed by atoms with Crippen molar-refractivity contribution in [2.24, 2.45) is 21.7 Å². The number of benzene rings is 8. The molecular weight excluding hydrogens is 1260 g/mol. The van der Waals surface area contributed by atoms with Crippen LogP contribution in [0, 0.1) is 21.7 Å². The first-order chi connectivity index (χ1) is 48.4. The molecule has 0 saturated heterocycles. The van der Waals surface area contributed by atoms with E-state index in [0.717, 1.165) is 120 Å². The molecule has 0 aromatic heterocycles. The summed E-state index contributed by atoms with van der Waals surface area (Å²) in [6, 6.07) is 60.8. The molecule has 0 heterocycles. The lowest BCUT2D eigenvalue weighted by atomic mass is 9.78. The molecule has 0 bridgehead atoms. The third-order valence-corrected chi connectivity index (χ3v) is 24.3. The minimum absolute atomic E-state index is 0.0596. The highest BCUT2D eigenvalue weighted by molar-refractivity contribution is 5.83. The molecule has 0 N–H and O–H groups in total. The summed E-state index contributed by atoms with van der Waals surface area (Å²) in [7, 11) is 0. The second kappa shape index (κ2) is 29.8. The molecule has 0 aliphatic heterocycles. The minimum atomic E-state index is -0.632. The quantitative estimate of drug-likeness (QED) is 0.0656. The van der Waals surface area contributed by atoms with Crippen molar-refractivity contribution in [2.45, 2.75) is 249 Å². The minimum Gasteiger partial charge on any atom is -0.454 e. The van der Waals surface area contributed by atoms with Gasteiger partial charge in [0.15, 0.2) is 0 Å². The first-order valence-corrected chi connectivity index (χ1v) is 38.3. The Morgan fingerprint density at radius 3 is 0.941 bits per heavy atom. The molecule has 1 atom stereocenters. The van der Waals surface area contributed by atoms with Crippen LogP contribution in [-0.4, -0.2) is 23.9 Å². The lowest BCUT2D eigenvalue weighted by Gasteiger charge is -2.39. The smallest absolute Gasteiger partial charge is 0.312 e. The third kappa shape index (κ3) is 15.3. The van der Waals surface area contributed by atoms with E-state index in [0.29, 0.717) is 0 Å². The standard InChI is InChI=1S/C25H30O2.C24H28O2.C23H28O2.C22H26O2/c1-4-24(2,3)23(26)27-25(14-8-5-9-15-25)20-12-13-22-19(17-20)16-18-10-6-7-11-21(18)22;1-4-23(2,3)22(25)26-24(13-7-8-14-24)19-11-12-21-18(16-19)15-17-9-5-6-10-20(17)21;1-6-22(3,4)21(24)25-23(5,7-2)18-12-13-20-17(15-18)14-16-10-8-9-11-19(16)20;1-6-21(2,3)20(23)24-22(4,5)17-11-12-19-16(14-17)13-15-9-7-8-10-18(15)19/h6-7,10-13,17H,4-5,8-9,14-16H2,1-3H3;5-6,9-12,16H,4,7-8,13-15H2,1-3H3;8-13,15H,6-7,14H2,1-5H3;7-12,14H,6,13H2,1-5H3. The van der Waals surface area contributed by atoms with E-state index in [2.05, 4.69) is 191 Å². The van der Waals surface area contributed by atoms with Gasteiger partial charge >= 0.3 is 23.9 Å². The number of hydrogen-bond acceptors (Lipinski definition) is 8. The Hall–Kier alpha value is -8.36. The van der Waals surface area contributed by atoms with Crippen LogP contribution in [0.1, 0.15) is 267 Å². The molecule has 6 aliphatic carbocycles. The summed E-state index contributed by atoms with van der Waals surface area (Å²) in [6.07, 6.45) is 17.2. The van der Waals surface area contributed by atoms with Crippen LogP contribution in [-0.2, 0) is 86.2 Å². The maximum absolute atomic E-state index is 12.9. The van der Waals surface area contributed by atoms with Crippen molar-refractivity contribution in [3.05, 3.63) is 237 Å². The molecule has 2 saturated carbocycles. The van der Waals surface area contributed by atoms with Crippen LogP contribution in [0.5, 0.6) is 0 Å². The van der Waals surface area contributed by atoms with Gasteiger partial charge in [0, 0.05) is 0 Å². The van der Waals surface area contributed by atoms with Crippen LogP contribution in [0.3, 0.4) is 0 Å². The lowest BCUT2D eigenvalue weighted by Crippen LogP contribution is -2.39. The monoisotopic (exact) mass is 1370 g/mol. The van der Waals surface area contributed by atoms with Crippen molar-refractivity contribution in [1.29, 1.82) is 0 Å². The predicted octanol–water partition coefficient (Wildman–Crippen LogP) is 23.7. The highest BCUT2D eigenvalue weighted by Crippen LogP contribution is 2.50. The van der Waals surface area contributed by atoms with Crippen LogP contribution in [0.4, 0.5) is 0 Å². The highest BCUT2D eigenvalue weighted by Gasteiger charge is 2.45. The topological polar surface area (TPSA) is 105 Å². The van der Waals surface area contributed by atoms with Crippen molar-refractivity contribution in [1.82, 2.24) is 0 Å². The zero-order chi connectivity index (χ0) is 73.2. The maximum Gasteiger partial charge on any atom is 0.312 e. The molecule has 14 rings (SSSR count). The van der Waals surface area contributed by atoms with E-state index in [4.69, 9.17) is 18.9 Å². The lowest BCUT2D eigenvalue weighted by molar-refractivity contribution is -0.176. The zero-order valence-electron chi connectivity index (χ0n) is 64.2. The van der Waals surface area contributed by atoms with Crippen molar-refractivity contribution in [3.63, 3.8) is 0 Å². The van der Waals surface area contributed by atoms with Gasteiger partial charge < -0.3 is 18.9 Å². The molecule has 8 aromatic carbocycles.